The Labute approximate surface area is 350 Å². The van der Waals surface area contributed by atoms with E-state index in [1.165, 1.54) is 9.21 Å². The Hall–Kier alpha value is -4.94. The van der Waals surface area contributed by atoms with Crippen molar-refractivity contribution < 1.29 is 26.4 Å². The second-order valence-electron chi connectivity index (χ2n) is 15.8. The number of sulfonamides is 2. The lowest BCUT2D eigenvalue weighted by Crippen LogP contribution is -2.38. The molecule has 2 amide bonds. The second kappa shape index (κ2) is 18.5. The number of amides is 2. The van der Waals surface area contributed by atoms with E-state index in [1.54, 1.807) is 42.4 Å². The van der Waals surface area contributed by atoms with Gasteiger partial charge >= 0.3 is 0 Å². The molecule has 6 rings (SSSR count). The third kappa shape index (κ3) is 9.60. The summed E-state index contributed by atoms with van der Waals surface area (Å²) in [6, 6.07) is 34.4. The summed E-state index contributed by atoms with van der Waals surface area (Å²) in [5, 5.41) is 0. The molecule has 0 saturated carbocycles. The number of fused-ring (bicyclic) bond motifs is 1. The number of imide groups is 1. The molecular formula is C48H55N3O6S2. The van der Waals surface area contributed by atoms with Crippen LogP contribution in [0, 0.1) is 41.5 Å². The molecule has 59 heavy (non-hydrogen) atoms. The molecule has 0 atom stereocenters. The maximum absolute atomic E-state index is 14.7. The van der Waals surface area contributed by atoms with E-state index in [1.807, 2.05) is 88.4 Å². The fraction of sp³-hybridized carbons (Fsp3) is 0.333. The van der Waals surface area contributed by atoms with Gasteiger partial charge in [-0.15, -0.1) is 0 Å². The lowest BCUT2D eigenvalue weighted by molar-refractivity contribution is 0.0650. The van der Waals surface area contributed by atoms with E-state index in [4.69, 9.17) is 0 Å². The minimum atomic E-state index is -4.01. The third-order valence-corrected chi connectivity index (χ3v) is 15.6. The summed E-state index contributed by atoms with van der Waals surface area (Å²) in [6.45, 7) is 11.9. The number of hydrogen-bond donors (Lipinski definition) is 0. The van der Waals surface area contributed by atoms with Gasteiger partial charge in [0.1, 0.15) is 0 Å². The Balaban J connectivity index is 1.24. The highest BCUT2D eigenvalue weighted by Gasteiger charge is 2.36. The van der Waals surface area contributed by atoms with E-state index < -0.39 is 20.0 Å². The summed E-state index contributed by atoms with van der Waals surface area (Å²) in [5.74, 6) is -0.807. The first-order chi connectivity index (χ1) is 28.1. The number of rotatable bonds is 18. The summed E-state index contributed by atoms with van der Waals surface area (Å²) < 4.78 is 61.5. The van der Waals surface area contributed by atoms with Gasteiger partial charge in [-0.1, -0.05) is 108 Å². The van der Waals surface area contributed by atoms with E-state index in [0.717, 1.165) is 22.3 Å². The minimum Gasteiger partial charge on any atom is -0.274 e. The van der Waals surface area contributed by atoms with Crippen molar-refractivity contribution in [2.45, 2.75) is 82.9 Å². The standard InChI is InChI=1S/C48H55N3O6S2/c1-34-30-36(3)45(37(4)31-34)58(54,55)49(27-17-28-51-47(52)43-22-13-14-23-44(43)48(51)53)25-15-16-26-50(59(56,57)46-38(5)32-35(2)33-39(46)6)29-24-42(40-18-9-7-10-19-40)41-20-11-8-12-21-41/h7-14,18-23,30-33,42H,15-17,24-29H2,1-6H3. The fourth-order valence-corrected chi connectivity index (χ4v) is 12.5. The maximum Gasteiger partial charge on any atom is 0.261 e. The lowest BCUT2D eigenvalue weighted by atomic mass is 9.88. The topological polar surface area (TPSA) is 112 Å². The van der Waals surface area contributed by atoms with Crippen molar-refractivity contribution >= 4 is 31.9 Å². The molecule has 1 aliphatic rings. The number of benzene rings is 5. The molecule has 0 saturated heterocycles. The van der Waals surface area contributed by atoms with Crippen LogP contribution in [-0.4, -0.2) is 74.9 Å². The molecule has 0 unspecified atom stereocenters. The van der Waals surface area contributed by atoms with Gasteiger partial charge in [0.25, 0.3) is 11.8 Å². The molecule has 310 valence electrons. The monoisotopic (exact) mass is 833 g/mol. The molecule has 1 heterocycles. The molecule has 0 N–H and O–H groups in total. The minimum absolute atomic E-state index is 0.0425. The number of aryl methyl sites for hydroxylation is 6. The highest BCUT2D eigenvalue weighted by molar-refractivity contribution is 7.89. The van der Waals surface area contributed by atoms with Crippen LogP contribution >= 0.6 is 0 Å². The number of hydrogen-bond acceptors (Lipinski definition) is 6. The van der Waals surface area contributed by atoms with Crippen LogP contribution in [0.4, 0.5) is 0 Å². The van der Waals surface area contributed by atoms with Gasteiger partial charge in [0.2, 0.25) is 20.0 Å². The highest BCUT2D eigenvalue weighted by Crippen LogP contribution is 2.32. The summed E-state index contributed by atoms with van der Waals surface area (Å²) in [4.78, 5) is 28.0. The first-order valence-electron chi connectivity index (χ1n) is 20.3. The molecule has 5 aromatic carbocycles. The zero-order chi connectivity index (χ0) is 42.5. The first-order valence-corrected chi connectivity index (χ1v) is 23.2. The number of nitrogens with zero attached hydrogens (tertiary/aromatic N) is 3. The zero-order valence-corrected chi connectivity index (χ0v) is 36.6. The van der Waals surface area contributed by atoms with E-state index in [-0.39, 0.29) is 61.8 Å². The molecule has 0 radical (unpaired) electrons. The number of carbonyl (C=O) groups is 2. The van der Waals surface area contributed by atoms with Gasteiger partial charge in [0.15, 0.2) is 0 Å². The molecular weight excluding hydrogens is 779 g/mol. The Morgan fingerprint density at radius 1 is 0.492 bits per heavy atom. The average Bonchev–Trinajstić information content (AvgIpc) is 3.42. The van der Waals surface area contributed by atoms with Crippen LogP contribution in [0.15, 0.2) is 119 Å². The van der Waals surface area contributed by atoms with Gasteiger partial charge in [-0.2, -0.15) is 8.61 Å². The van der Waals surface area contributed by atoms with Crippen LogP contribution in [0.25, 0.3) is 0 Å². The SMILES string of the molecule is Cc1cc(C)c(S(=O)(=O)N(CCCCN(CCC(c2ccccc2)c2ccccc2)S(=O)(=O)c2c(C)cc(C)cc2C)CCCN2C(=O)c3ccccc3C2=O)c(C)c1. The van der Waals surface area contributed by atoms with Gasteiger partial charge in [-0.05, 0) is 113 Å². The number of unbranched alkanes of at least 4 members (excludes halogenated alkanes) is 1. The van der Waals surface area contributed by atoms with Gasteiger partial charge in [0, 0.05) is 38.6 Å². The Bertz CT molecular complexity index is 2420. The fourth-order valence-electron chi connectivity index (χ4n) is 8.70. The molecule has 0 aliphatic carbocycles. The molecule has 5 aromatic rings. The lowest BCUT2D eigenvalue weighted by Gasteiger charge is -2.28. The quantitative estimate of drug-likeness (QED) is 0.0644. The van der Waals surface area contributed by atoms with Crippen LogP contribution in [0.2, 0.25) is 0 Å². The first kappa shape index (κ1) is 43.6. The van der Waals surface area contributed by atoms with Crippen LogP contribution in [0.3, 0.4) is 0 Å². The number of carbonyl (C=O) groups excluding carboxylic acids is 2. The summed E-state index contributed by atoms with van der Waals surface area (Å²) in [6.07, 6.45) is 1.57. The van der Waals surface area contributed by atoms with Crippen molar-refractivity contribution in [2.24, 2.45) is 0 Å². The van der Waals surface area contributed by atoms with Gasteiger partial charge < -0.3 is 0 Å². The Kier molecular flexibility index (Phi) is 13.7. The van der Waals surface area contributed by atoms with Crippen LogP contribution in [0.5, 0.6) is 0 Å². The summed E-state index contributed by atoms with van der Waals surface area (Å²) in [7, 11) is -7.96. The van der Waals surface area contributed by atoms with Crippen molar-refractivity contribution in [3.8, 4) is 0 Å². The van der Waals surface area contributed by atoms with E-state index in [9.17, 15) is 26.4 Å². The molecule has 9 nitrogen and oxygen atoms in total. The van der Waals surface area contributed by atoms with Gasteiger partial charge in [-0.3, -0.25) is 14.5 Å². The molecule has 11 heteroatoms. The van der Waals surface area contributed by atoms with Crippen molar-refractivity contribution in [1.82, 2.24) is 13.5 Å². The van der Waals surface area contributed by atoms with E-state index >= 15 is 0 Å². The highest BCUT2D eigenvalue weighted by atomic mass is 32.2. The predicted octanol–water partition coefficient (Wildman–Crippen LogP) is 8.91. The van der Waals surface area contributed by atoms with Crippen molar-refractivity contribution in [1.29, 1.82) is 0 Å². The average molecular weight is 834 g/mol. The Morgan fingerprint density at radius 3 is 1.25 bits per heavy atom. The maximum atomic E-state index is 14.7. The van der Waals surface area contributed by atoms with E-state index in [2.05, 4.69) is 24.3 Å². The predicted molar refractivity (Wildman–Crippen MR) is 234 cm³/mol. The Morgan fingerprint density at radius 2 is 0.847 bits per heavy atom. The van der Waals surface area contributed by atoms with Gasteiger partial charge in [0.05, 0.1) is 20.9 Å². The van der Waals surface area contributed by atoms with E-state index in [0.29, 0.717) is 57.5 Å². The molecule has 1 aliphatic heterocycles. The van der Waals surface area contributed by atoms with Gasteiger partial charge in [-0.25, -0.2) is 16.8 Å². The summed E-state index contributed by atoms with van der Waals surface area (Å²) in [5.41, 5.74) is 7.50. The molecule has 0 fully saturated rings. The van der Waals surface area contributed by atoms with Crippen LogP contribution < -0.4 is 0 Å². The smallest absolute Gasteiger partial charge is 0.261 e. The zero-order valence-electron chi connectivity index (χ0n) is 34.9. The molecule has 0 bridgehead atoms. The normalized spacial score (nSPS) is 13.3. The van der Waals surface area contributed by atoms with Crippen molar-refractivity contribution in [2.75, 3.05) is 32.7 Å². The third-order valence-electron chi connectivity index (χ3n) is 11.2. The van der Waals surface area contributed by atoms with Crippen molar-refractivity contribution in [3.05, 3.63) is 165 Å². The largest absolute Gasteiger partial charge is 0.274 e. The molecule has 0 spiro atoms. The van der Waals surface area contributed by atoms with Crippen LogP contribution in [0.1, 0.15) is 96.8 Å². The second-order valence-corrected chi connectivity index (χ2v) is 19.5. The van der Waals surface area contributed by atoms with Crippen LogP contribution in [-0.2, 0) is 20.0 Å². The van der Waals surface area contributed by atoms with Crippen molar-refractivity contribution in [3.63, 3.8) is 0 Å². The molecule has 0 aromatic heterocycles. The summed E-state index contributed by atoms with van der Waals surface area (Å²) >= 11 is 0.